The van der Waals surface area contributed by atoms with E-state index in [1.165, 1.54) is 33.9 Å². The Hall–Kier alpha value is -2.94. The fourth-order valence-electron chi connectivity index (χ4n) is 3.90. The van der Waals surface area contributed by atoms with Gasteiger partial charge in [-0.2, -0.15) is 0 Å². The molecule has 0 saturated carbocycles. The molecule has 29 heavy (non-hydrogen) atoms. The monoisotopic (exact) mass is 414 g/mol. The molecule has 0 spiro atoms. The quantitative estimate of drug-likeness (QED) is 0.590. The summed E-state index contributed by atoms with van der Waals surface area (Å²) < 4.78 is 0. The Morgan fingerprint density at radius 1 is 1.00 bits per heavy atom. The molecule has 2 N–H and O–H groups in total. The van der Waals surface area contributed by atoms with E-state index in [-0.39, 0.29) is 17.2 Å². The molecule has 152 valence electrons. The van der Waals surface area contributed by atoms with Gasteiger partial charge in [0.25, 0.3) is 17.5 Å². The lowest BCUT2D eigenvalue weighted by Crippen LogP contribution is -2.42. The van der Waals surface area contributed by atoms with Crippen LogP contribution in [0.25, 0.3) is 0 Å². The topological polar surface area (TPSA) is 105 Å². The number of carbonyl (C=O) groups excluding carboxylic acids is 2. The number of benzene rings is 1. The van der Waals surface area contributed by atoms with Crippen molar-refractivity contribution in [3.63, 3.8) is 0 Å². The van der Waals surface area contributed by atoms with E-state index in [0.29, 0.717) is 10.6 Å². The number of nitrogens with zero attached hydrogens (tertiary/aromatic N) is 2. The van der Waals surface area contributed by atoms with Gasteiger partial charge in [-0.05, 0) is 56.2 Å². The first kappa shape index (κ1) is 19.4. The van der Waals surface area contributed by atoms with Crippen molar-refractivity contribution < 1.29 is 14.5 Å². The average molecular weight is 414 g/mol. The third kappa shape index (κ3) is 4.09. The Morgan fingerprint density at radius 3 is 2.45 bits per heavy atom. The molecule has 8 nitrogen and oxygen atoms in total. The van der Waals surface area contributed by atoms with E-state index in [2.05, 4.69) is 10.9 Å². The van der Waals surface area contributed by atoms with Crippen molar-refractivity contribution in [3.8, 4) is 0 Å². The van der Waals surface area contributed by atoms with E-state index in [1.807, 2.05) is 11.0 Å². The molecule has 0 radical (unpaired) electrons. The minimum Gasteiger partial charge on any atom is -0.371 e. The third-order valence-corrected chi connectivity index (χ3v) is 6.63. The van der Waals surface area contributed by atoms with Gasteiger partial charge in [0, 0.05) is 30.1 Å². The molecule has 1 saturated heterocycles. The van der Waals surface area contributed by atoms with Crippen LogP contribution >= 0.6 is 11.3 Å². The molecule has 0 bridgehead atoms. The zero-order valence-corrected chi connectivity index (χ0v) is 16.7. The first-order valence-corrected chi connectivity index (χ1v) is 10.6. The van der Waals surface area contributed by atoms with Gasteiger partial charge < -0.3 is 4.90 Å². The van der Waals surface area contributed by atoms with Crippen LogP contribution in [0.4, 0.5) is 11.4 Å². The number of hydrazine groups is 1. The van der Waals surface area contributed by atoms with Crippen LogP contribution in [0.15, 0.2) is 24.3 Å². The number of carbonyl (C=O) groups is 2. The van der Waals surface area contributed by atoms with Gasteiger partial charge in [-0.1, -0.05) is 0 Å². The molecule has 2 aromatic rings. The fraction of sp³-hybridized carbons (Fsp3) is 0.400. The number of nitro groups is 1. The predicted molar refractivity (Wildman–Crippen MR) is 110 cm³/mol. The summed E-state index contributed by atoms with van der Waals surface area (Å²) in [5, 5.41) is 11.1. The second kappa shape index (κ2) is 8.20. The highest BCUT2D eigenvalue weighted by Crippen LogP contribution is 2.30. The first-order valence-electron chi connectivity index (χ1n) is 9.78. The van der Waals surface area contributed by atoms with Crippen molar-refractivity contribution in [2.75, 3.05) is 18.0 Å². The largest absolute Gasteiger partial charge is 0.371 e. The van der Waals surface area contributed by atoms with Crippen LogP contribution in [0.5, 0.6) is 0 Å². The first-order chi connectivity index (χ1) is 14.0. The molecule has 1 aliphatic carbocycles. The van der Waals surface area contributed by atoms with E-state index >= 15 is 0 Å². The van der Waals surface area contributed by atoms with Crippen LogP contribution in [0.3, 0.4) is 0 Å². The number of rotatable bonds is 4. The smallest absolute Gasteiger partial charge is 0.279 e. The van der Waals surface area contributed by atoms with Crippen molar-refractivity contribution in [3.05, 3.63) is 55.3 Å². The highest BCUT2D eigenvalue weighted by atomic mass is 32.1. The summed E-state index contributed by atoms with van der Waals surface area (Å²) in [4.78, 5) is 39.7. The normalized spacial score (nSPS) is 15.7. The molecule has 0 atom stereocenters. The summed E-state index contributed by atoms with van der Waals surface area (Å²) >= 11 is 1.46. The molecule has 2 amide bonds. The van der Waals surface area contributed by atoms with E-state index in [4.69, 9.17) is 0 Å². The summed E-state index contributed by atoms with van der Waals surface area (Å²) in [7, 11) is 0. The maximum absolute atomic E-state index is 12.8. The van der Waals surface area contributed by atoms with Gasteiger partial charge >= 0.3 is 0 Å². The van der Waals surface area contributed by atoms with Crippen LogP contribution in [0.2, 0.25) is 0 Å². The van der Waals surface area contributed by atoms with Crippen LogP contribution in [0, 0.1) is 10.1 Å². The molecular formula is C20H22N4O4S. The van der Waals surface area contributed by atoms with Gasteiger partial charge in [-0.3, -0.25) is 30.6 Å². The zero-order valence-electron chi connectivity index (χ0n) is 15.9. The lowest BCUT2D eigenvalue weighted by Gasteiger charge is -2.20. The second-order valence-corrected chi connectivity index (χ2v) is 8.46. The zero-order chi connectivity index (χ0) is 20.4. The van der Waals surface area contributed by atoms with E-state index in [9.17, 15) is 19.7 Å². The average Bonchev–Trinajstić information content (AvgIpc) is 3.41. The predicted octanol–water partition coefficient (Wildman–Crippen LogP) is 3.21. The van der Waals surface area contributed by atoms with E-state index < -0.39 is 10.8 Å². The van der Waals surface area contributed by atoms with Crippen molar-refractivity contribution in [1.29, 1.82) is 0 Å². The Labute approximate surface area is 172 Å². The Morgan fingerprint density at radius 2 is 1.72 bits per heavy atom. The fourth-order valence-corrected chi connectivity index (χ4v) is 5.05. The number of hydrogen-bond donors (Lipinski definition) is 2. The summed E-state index contributed by atoms with van der Waals surface area (Å²) in [5.74, 6) is -0.934. The Balaban J connectivity index is 1.49. The molecular weight excluding hydrogens is 392 g/mol. The summed E-state index contributed by atoms with van der Waals surface area (Å²) in [6.07, 6.45) is 6.27. The number of nitrogens with one attached hydrogen (secondary N) is 2. The van der Waals surface area contributed by atoms with Gasteiger partial charge in [0.2, 0.25) is 0 Å². The van der Waals surface area contributed by atoms with E-state index in [0.717, 1.165) is 51.6 Å². The molecule has 9 heteroatoms. The number of hydrogen-bond acceptors (Lipinski definition) is 6. The molecule has 4 rings (SSSR count). The van der Waals surface area contributed by atoms with Crippen LogP contribution in [-0.2, 0) is 12.8 Å². The lowest BCUT2D eigenvalue weighted by atomic mass is 9.99. The van der Waals surface area contributed by atoms with Crippen molar-refractivity contribution in [2.45, 2.75) is 38.5 Å². The summed E-state index contributed by atoms with van der Waals surface area (Å²) in [6, 6.07) is 6.16. The second-order valence-electron chi connectivity index (χ2n) is 7.33. The summed E-state index contributed by atoms with van der Waals surface area (Å²) in [6.45, 7) is 1.59. The van der Waals surface area contributed by atoms with Gasteiger partial charge in [0.15, 0.2) is 0 Å². The maximum atomic E-state index is 12.8. The van der Waals surface area contributed by atoms with Gasteiger partial charge in [0.05, 0.1) is 21.1 Å². The van der Waals surface area contributed by atoms with Crippen molar-refractivity contribution in [1.82, 2.24) is 10.9 Å². The molecule has 1 aromatic carbocycles. The lowest BCUT2D eigenvalue weighted by molar-refractivity contribution is -0.384. The molecule has 1 aliphatic heterocycles. The summed E-state index contributed by atoms with van der Waals surface area (Å²) in [5.41, 5.74) is 6.77. The standard InChI is InChI=1S/C20H22N4O4S/c25-19(21-22-20(26)18-11-13-5-1-2-6-17(13)29-18)15-12-14(24(27)28)7-8-16(15)23-9-3-4-10-23/h7-8,11-12H,1-6,9-10H2,(H,21,25)(H,22,26). The van der Waals surface area contributed by atoms with Gasteiger partial charge in [-0.15, -0.1) is 11.3 Å². The number of thiophene rings is 1. The molecule has 1 fully saturated rings. The SMILES string of the molecule is O=C(NNC(=O)c1cc([N+](=O)[O-])ccc1N1CCCC1)c1cc2c(s1)CCCC2. The van der Waals surface area contributed by atoms with Crippen LogP contribution in [-0.4, -0.2) is 29.8 Å². The number of nitro benzene ring substituents is 1. The minimum atomic E-state index is -0.565. The third-order valence-electron chi connectivity index (χ3n) is 5.39. The molecule has 1 aromatic heterocycles. The highest BCUT2D eigenvalue weighted by molar-refractivity contribution is 7.14. The van der Waals surface area contributed by atoms with E-state index in [1.54, 1.807) is 6.07 Å². The number of fused-ring (bicyclic) bond motifs is 1. The molecule has 2 heterocycles. The number of anilines is 1. The van der Waals surface area contributed by atoms with Gasteiger partial charge in [-0.25, -0.2) is 0 Å². The van der Waals surface area contributed by atoms with Crippen LogP contribution < -0.4 is 15.8 Å². The number of aryl methyl sites for hydroxylation is 2. The number of non-ortho nitro benzene ring substituents is 1. The minimum absolute atomic E-state index is 0.157. The van der Waals surface area contributed by atoms with Crippen molar-refractivity contribution >= 4 is 34.5 Å². The molecule has 0 unspecified atom stereocenters. The van der Waals surface area contributed by atoms with Crippen LogP contribution in [0.1, 0.15) is 56.2 Å². The molecule has 2 aliphatic rings. The number of amides is 2. The highest BCUT2D eigenvalue weighted by Gasteiger charge is 2.23. The maximum Gasteiger partial charge on any atom is 0.279 e. The van der Waals surface area contributed by atoms with Gasteiger partial charge in [0.1, 0.15) is 0 Å². The Bertz CT molecular complexity index is 942. The Kier molecular flexibility index (Phi) is 5.48. The van der Waals surface area contributed by atoms with Crippen molar-refractivity contribution in [2.24, 2.45) is 0 Å².